The molecule has 1 aliphatic rings. The van der Waals surface area contributed by atoms with E-state index in [4.69, 9.17) is 0 Å². The summed E-state index contributed by atoms with van der Waals surface area (Å²) >= 11 is 0. The first-order valence-electron chi connectivity index (χ1n) is 10.5. The smallest absolute Gasteiger partial charge is 0.340 e. The molecule has 33 heavy (non-hydrogen) atoms. The third-order valence-corrected chi connectivity index (χ3v) is 6.59. The summed E-state index contributed by atoms with van der Waals surface area (Å²) in [5.41, 5.74) is 3.41. The van der Waals surface area contributed by atoms with Gasteiger partial charge >= 0.3 is 6.05 Å². The molecule has 2 aromatic heterocycles. The van der Waals surface area contributed by atoms with Gasteiger partial charge in [0.1, 0.15) is 5.82 Å². The normalized spacial score (nSPS) is 18.7. The van der Waals surface area contributed by atoms with Crippen molar-refractivity contribution in [2.75, 3.05) is 4.90 Å². The van der Waals surface area contributed by atoms with Gasteiger partial charge in [0, 0.05) is 29.9 Å². The number of aromatic nitrogens is 4. The number of nitrogens with zero attached hydrogens (tertiary/aromatic N) is 4. The Bertz CT molecular complexity index is 1350. The number of alkyl halides is 2. The molecule has 3 atom stereocenters. The number of aromatic amines is 1. The van der Waals surface area contributed by atoms with Crippen molar-refractivity contribution < 1.29 is 18.0 Å². The van der Waals surface area contributed by atoms with Gasteiger partial charge < -0.3 is 9.88 Å². The highest BCUT2D eigenvalue weighted by atomic mass is 31.0. The Hall–Kier alpha value is -3.19. The molecule has 1 aliphatic heterocycles. The second kappa shape index (κ2) is 7.70. The highest BCUT2D eigenvalue weighted by molar-refractivity contribution is 7.27. The number of nitrogens with one attached hydrogen (secondary N) is 1. The molecule has 1 saturated heterocycles. The Morgan fingerprint density at radius 1 is 1.21 bits per heavy atom. The second-order valence-electron chi connectivity index (χ2n) is 8.25. The highest BCUT2D eigenvalue weighted by Gasteiger charge is 2.49. The van der Waals surface area contributed by atoms with Crippen LogP contribution in [0, 0.1) is 11.7 Å². The van der Waals surface area contributed by atoms with Crippen LogP contribution in [-0.2, 0) is 10.8 Å². The van der Waals surface area contributed by atoms with E-state index >= 15 is 4.39 Å². The lowest BCUT2D eigenvalue weighted by Crippen LogP contribution is -2.56. The van der Waals surface area contributed by atoms with Crippen LogP contribution in [0.1, 0.15) is 31.9 Å². The number of carbonyl (C=O) groups excluding carboxylic acids is 1. The number of carbonyl (C=O) groups is 1. The number of rotatable bonds is 5. The molecule has 170 valence electrons. The number of anilines is 1. The molecule has 3 heterocycles. The van der Waals surface area contributed by atoms with Crippen LogP contribution >= 0.6 is 9.24 Å². The van der Waals surface area contributed by atoms with Crippen molar-refractivity contribution >= 4 is 37.2 Å². The number of hydrogen-bond donors (Lipinski definition) is 1. The molecule has 0 radical (unpaired) electrons. The third kappa shape index (κ3) is 3.51. The summed E-state index contributed by atoms with van der Waals surface area (Å²) < 4.78 is 43.1. The Morgan fingerprint density at radius 3 is 2.67 bits per heavy atom. The van der Waals surface area contributed by atoms with Crippen LogP contribution in [0.4, 0.5) is 18.9 Å². The average Bonchev–Trinajstić information content (AvgIpc) is 3.42. The first-order chi connectivity index (χ1) is 15.7. The standard InChI is InChI=1S/C23H21F3N5OP/c1-3-15-21(31(22(15)32)14-4-5-17-18(8-14)28-11-27-17)20-16(24)6-12(7-19(20)33)13-9-29-30(10-13)23(2,25)26/h4-11,15,21H,3,33H2,1-2H3,(H,27,28)/t15-,21-/m0/s1. The number of benzene rings is 2. The second-order valence-corrected chi connectivity index (χ2v) is 8.87. The number of H-pyrrole nitrogens is 1. The van der Waals surface area contributed by atoms with Gasteiger partial charge in [-0.2, -0.15) is 13.9 Å². The van der Waals surface area contributed by atoms with Crippen LogP contribution in [0.3, 0.4) is 0 Å². The molecule has 0 bridgehead atoms. The molecular weight excluding hydrogens is 450 g/mol. The molecule has 0 spiro atoms. The van der Waals surface area contributed by atoms with E-state index in [1.54, 1.807) is 23.4 Å². The number of imidazole rings is 1. The first-order valence-corrected chi connectivity index (χ1v) is 11.0. The van der Waals surface area contributed by atoms with Crippen LogP contribution in [-0.4, -0.2) is 25.7 Å². The molecule has 1 N–H and O–H groups in total. The molecule has 2 aromatic carbocycles. The zero-order valence-corrected chi connectivity index (χ0v) is 19.0. The first kappa shape index (κ1) is 21.6. The van der Waals surface area contributed by atoms with Crippen LogP contribution in [0.25, 0.3) is 22.2 Å². The molecule has 6 nitrogen and oxygen atoms in total. The number of hydrogen-bond acceptors (Lipinski definition) is 3. The van der Waals surface area contributed by atoms with E-state index in [2.05, 4.69) is 24.3 Å². The van der Waals surface area contributed by atoms with Gasteiger partial charge in [0.15, 0.2) is 0 Å². The monoisotopic (exact) mass is 471 g/mol. The van der Waals surface area contributed by atoms with Crippen molar-refractivity contribution in [1.82, 2.24) is 19.7 Å². The summed E-state index contributed by atoms with van der Waals surface area (Å²) in [4.78, 5) is 21.8. The SMILES string of the molecule is CC[C@@H]1C(=O)N(c2ccc3[nH]cnc3c2)[C@@H]1c1c(F)cc(-c2cnn(C(C)(F)F)c2)cc1P. The molecular formula is C23H21F3N5OP. The lowest BCUT2D eigenvalue weighted by molar-refractivity contribution is -0.130. The largest absolute Gasteiger partial charge is 0.345 e. The lowest BCUT2D eigenvalue weighted by Gasteiger charge is -2.47. The van der Waals surface area contributed by atoms with E-state index in [9.17, 15) is 13.6 Å². The Labute approximate surface area is 190 Å². The predicted octanol–water partition coefficient (Wildman–Crippen LogP) is 4.75. The molecule has 0 aliphatic carbocycles. The summed E-state index contributed by atoms with van der Waals surface area (Å²) in [6, 6.07) is 4.83. The van der Waals surface area contributed by atoms with Gasteiger partial charge in [0.25, 0.3) is 0 Å². The summed E-state index contributed by atoms with van der Waals surface area (Å²) in [6.45, 7) is 2.64. The molecule has 5 rings (SSSR count). The summed E-state index contributed by atoms with van der Waals surface area (Å²) in [5.74, 6) is -0.937. The number of β-lactam (4-membered cyclic amide) rings is 1. The van der Waals surface area contributed by atoms with Crippen molar-refractivity contribution in [2.45, 2.75) is 32.4 Å². The van der Waals surface area contributed by atoms with Gasteiger partial charge in [0.2, 0.25) is 5.91 Å². The summed E-state index contributed by atoms with van der Waals surface area (Å²) in [7, 11) is 2.52. The van der Waals surface area contributed by atoms with Crippen LogP contribution in [0.2, 0.25) is 0 Å². The Morgan fingerprint density at radius 2 is 2.00 bits per heavy atom. The molecule has 1 unspecified atom stereocenters. The van der Waals surface area contributed by atoms with Gasteiger partial charge in [-0.3, -0.25) is 4.79 Å². The maximum absolute atomic E-state index is 15.5. The number of halogens is 3. The fraction of sp³-hybridized carbons (Fsp3) is 0.261. The minimum absolute atomic E-state index is 0.0725. The maximum Gasteiger partial charge on any atom is 0.340 e. The fourth-order valence-electron chi connectivity index (χ4n) is 4.44. The van der Waals surface area contributed by atoms with Crippen molar-refractivity contribution in [3.8, 4) is 11.1 Å². The quantitative estimate of drug-likeness (QED) is 0.338. The highest BCUT2D eigenvalue weighted by Crippen LogP contribution is 2.46. The van der Waals surface area contributed by atoms with Crippen LogP contribution in [0.5, 0.6) is 0 Å². The van der Waals surface area contributed by atoms with Gasteiger partial charge in [-0.05, 0) is 47.6 Å². The topological polar surface area (TPSA) is 66.8 Å². The average molecular weight is 471 g/mol. The van der Waals surface area contributed by atoms with Crippen LogP contribution < -0.4 is 10.2 Å². The van der Waals surface area contributed by atoms with E-state index in [0.29, 0.717) is 44.3 Å². The Balaban J connectivity index is 1.55. The van der Waals surface area contributed by atoms with Crippen molar-refractivity contribution in [3.05, 3.63) is 60.4 Å². The molecule has 10 heteroatoms. The lowest BCUT2D eigenvalue weighted by atomic mass is 9.79. The fourth-order valence-corrected chi connectivity index (χ4v) is 4.93. The van der Waals surface area contributed by atoms with E-state index in [0.717, 1.165) is 12.4 Å². The minimum Gasteiger partial charge on any atom is -0.345 e. The maximum atomic E-state index is 15.5. The van der Waals surface area contributed by atoms with Gasteiger partial charge in [-0.15, -0.1) is 9.24 Å². The zero-order valence-electron chi connectivity index (χ0n) is 17.9. The molecule has 1 fully saturated rings. The molecule has 4 aromatic rings. The van der Waals surface area contributed by atoms with Gasteiger partial charge in [0.05, 0.1) is 35.5 Å². The minimum atomic E-state index is -3.16. The molecule has 1 amide bonds. The molecule has 0 saturated carbocycles. The van der Waals surface area contributed by atoms with Crippen molar-refractivity contribution in [1.29, 1.82) is 0 Å². The summed E-state index contributed by atoms with van der Waals surface area (Å²) in [5, 5.41) is 4.25. The van der Waals surface area contributed by atoms with Crippen molar-refractivity contribution in [3.63, 3.8) is 0 Å². The van der Waals surface area contributed by atoms with Crippen molar-refractivity contribution in [2.24, 2.45) is 5.92 Å². The van der Waals surface area contributed by atoms with E-state index in [1.165, 1.54) is 18.5 Å². The van der Waals surface area contributed by atoms with E-state index < -0.39 is 17.9 Å². The van der Waals surface area contributed by atoms with E-state index in [-0.39, 0.29) is 11.8 Å². The number of fused-ring (bicyclic) bond motifs is 1. The predicted molar refractivity (Wildman–Crippen MR) is 123 cm³/mol. The van der Waals surface area contributed by atoms with Gasteiger partial charge in [-0.25, -0.2) is 14.1 Å². The number of amides is 1. The van der Waals surface area contributed by atoms with E-state index in [1.807, 2.05) is 19.1 Å². The van der Waals surface area contributed by atoms with Gasteiger partial charge in [-0.1, -0.05) is 6.92 Å². The summed E-state index contributed by atoms with van der Waals surface area (Å²) in [6.07, 6.45) is 4.61. The zero-order chi connectivity index (χ0) is 23.5. The Kier molecular flexibility index (Phi) is 5.05. The van der Waals surface area contributed by atoms with Crippen LogP contribution in [0.15, 0.2) is 49.1 Å². The third-order valence-electron chi connectivity index (χ3n) is 6.11.